The van der Waals surface area contributed by atoms with Crippen molar-refractivity contribution in [1.29, 1.82) is 0 Å². The lowest BCUT2D eigenvalue weighted by Crippen LogP contribution is -2.14. The van der Waals surface area contributed by atoms with E-state index in [9.17, 15) is 14.4 Å². The van der Waals surface area contributed by atoms with E-state index < -0.39 is 12.6 Å². The number of carbonyl (C=O) groups excluding carboxylic acids is 3. The lowest BCUT2D eigenvalue weighted by Gasteiger charge is -2.05. The molecule has 114 valence electrons. The summed E-state index contributed by atoms with van der Waals surface area (Å²) in [5, 5.41) is 2.59. The van der Waals surface area contributed by atoms with E-state index in [0.717, 1.165) is 0 Å². The number of halogens is 1. The average Bonchev–Trinajstić information content (AvgIpc) is 2.91. The summed E-state index contributed by atoms with van der Waals surface area (Å²) in [5.41, 5.74) is 0.962. The number of furan rings is 1. The van der Waals surface area contributed by atoms with Gasteiger partial charge in [-0.05, 0) is 52.3 Å². The standard InChI is InChI=1S/C15H12BrNO5/c1-9(18)17-11-4-2-10(3-5-11)12(19)8-21-15(20)13-6-7-14(16)22-13/h2-7H,8H2,1H3,(H,17,18). The molecule has 2 rings (SSSR count). The Balaban J connectivity index is 1.92. The molecule has 0 unspecified atom stereocenters. The minimum Gasteiger partial charge on any atom is -0.451 e. The van der Waals surface area contributed by atoms with Crippen molar-refractivity contribution in [2.75, 3.05) is 11.9 Å². The van der Waals surface area contributed by atoms with Gasteiger partial charge in [-0.15, -0.1) is 0 Å². The molecule has 0 aliphatic rings. The van der Waals surface area contributed by atoms with Crippen LogP contribution in [0.5, 0.6) is 0 Å². The van der Waals surface area contributed by atoms with Crippen molar-refractivity contribution in [3.8, 4) is 0 Å². The van der Waals surface area contributed by atoms with E-state index in [4.69, 9.17) is 9.15 Å². The van der Waals surface area contributed by atoms with Crippen LogP contribution in [0, 0.1) is 0 Å². The molecule has 0 aliphatic heterocycles. The van der Waals surface area contributed by atoms with Gasteiger partial charge in [-0.3, -0.25) is 9.59 Å². The van der Waals surface area contributed by atoms with E-state index in [-0.39, 0.29) is 17.5 Å². The normalized spacial score (nSPS) is 10.1. The summed E-state index contributed by atoms with van der Waals surface area (Å²) in [4.78, 5) is 34.4. The Hall–Kier alpha value is -2.41. The van der Waals surface area contributed by atoms with Crippen molar-refractivity contribution in [2.24, 2.45) is 0 Å². The molecule has 0 bridgehead atoms. The van der Waals surface area contributed by atoms with Gasteiger partial charge in [0.15, 0.2) is 17.1 Å². The number of nitrogens with one attached hydrogen (secondary N) is 1. The summed E-state index contributed by atoms with van der Waals surface area (Å²) in [7, 11) is 0. The molecule has 0 atom stereocenters. The smallest absolute Gasteiger partial charge is 0.374 e. The number of hydrogen-bond acceptors (Lipinski definition) is 5. The largest absolute Gasteiger partial charge is 0.451 e. The lowest BCUT2D eigenvalue weighted by molar-refractivity contribution is -0.114. The molecule has 0 radical (unpaired) electrons. The van der Waals surface area contributed by atoms with Gasteiger partial charge in [-0.2, -0.15) is 0 Å². The monoisotopic (exact) mass is 365 g/mol. The van der Waals surface area contributed by atoms with Gasteiger partial charge in [0.1, 0.15) is 0 Å². The predicted molar refractivity (Wildman–Crippen MR) is 81.8 cm³/mol. The van der Waals surface area contributed by atoms with Crippen molar-refractivity contribution >= 4 is 39.3 Å². The van der Waals surface area contributed by atoms with Gasteiger partial charge in [0, 0.05) is 18.2 Å². The topological polar surface area (TPSA) is 85.6 Å². The highest BCUT2D eigenvalue weighted by molar-refractivity contribution is 9.10. The molecule has 1 amide bonds. The second kappa shape index (κ2) is 7.04. The van der Waals surface area contributed by atoms with Crippen molar-refractivity contribution in [1.82, 2.24) is 0 Å². The number of amides is 1. The molecular formula is C15H12BrNO5. The van der Waals surface area contributed by atoms with E-state index in [1.54, 1.807) is 30.3 Å². The molecular weight excluding hydrogens is 354 g/mol. The second-order valence-corrected chi connectivity index (χ2v) is 5.14. The van der Waals surface area contributed by atoms with E-state index in [1.807, 2.05) is 0 Å². The fraction of sp³-hybridized carbons (Fsp3) is 0.133. The number of carbonyl (C=O) groups is 3. The number of benzene rings is 1. The van der Waals surface area contributed by atoms with E-state index in [1.165, 1.54) is 13.0 Å². The zero-order chi connectivity index (χ0) is 16.1. The average molecular weight is 366 g/mol. The minimum atomic E-state index is -0.714. The van der Waals surface area contributed by atoms with Gasteiger partial charge in [0.25, 0.3) is 0 Å². The third kappa shape index (κ3) is 4.29. The molecule has 7 heteroatoms. The third-order valence-electron chi connectivity index (χ3n) is 2.64. The molecule has 0 aliphatic carbocycles. The van der Waals surface area contributed by atoms with E-state index in [0.29, 0.717) is 15.9 Å². The first-order valence-electron chi connectivity index (χ1n) is 6.29. The molecule has 0 saturated carbocycles. The van der Waals surface area contributed by atoms with Gasteiger partial charge < -0.3 is 14.5 Å². The Morgan fingerprint density at radius 3 is 2.36 bits per heavy atom. The van der Waals surface area contributed by atoms with Crippen LogP contribution in [-0.4, -0.2) is 24.3 Å². The fourth-order valence-electron chi connectivity index (χ4n) is 1.65. The Labute approximate surface area is 134 Å². The van der Waals surface area contributed by atoms with Gasteiger partial charge in [0.2, 0.25) is 11.7 Å². The Morgan fingerprint density at radius 2 is 1.82 bits per heavy atom. The molecule has 1 N–H and O–H groups in total. The Kier molecular flexibility index (Phi) is 5.11. The van der Waals surface area contributed by atoms with Crippen LogP contribution in [-0.2, 0) is 9.53 Å². The van der Waals surface area contributed by atoms with Gasteiger partial charge >= 0.3 is 5.97 Å². The van der Waals surface area contributed by atoms with Gasteiger partial charge in [0.05, 0.1) is 0 Å². The molecule has 0 spiro atoms. The van der Waals surface area contributed by atoms with Crippen LogP contribution in [0.15, 0.2) is 45.5 Å². The zero-order valence-electron chi connectivity index (χ0n) is 11.6. The highest BCUT2D eigenvalue weighted by Crippen LogP contribution is 2.15. The predicted octanol–water partition coefficient (Wildman–Crippen LogP) is 3.04. The lowest BCUT2D eigenvalue weighted by atomic mass is 10.1. The number of ether oxygens (including phenoxy) is 1. The molecule has 6 nitrogen and oxygen atoms in total. The maximum Gasteiger partial charge on any atom is 0.374 e. The Bertz CT molecular complexity index is 705. The summed E-state index contributed by atoms with van der Waals surface area (Å²) in [6.45, 7) is 1.00. The quantitative estimate of drug-likeness (QED) is 0.649. The van der Waals surface area contributed by atoms with Crippen LogP contribution < -0.4 is 5.32 Å². The summed E-state index contributed by atoms with van der Waals surface area (Å²) < 4.78 is 10.3. The number of ketones is 1. The SMILES string of the molecule is CC(=O)Nc1ccc(C(=O)COC(=O)c2ccc(Br)o2)cc1. The summed E-state index contributed by atoms with van der Waals surface area (Å²) in [5.74, 6) is -1.25. The van der Waals surface area contributed by atoms with Gasteiger partial charge in [-0.25, -0.2) is 4.79 Å². The number of hydrogen-bond donors (Lipinski definition) is 1. The van der Waals surface area contributed by atoms with Crippen LogP contribution >= 0.6 is 15.9 Å². The van der Waals surface area contributed by atoms with Crippen molar-refractivity contribution < 1.29 is 23.5 Å². The molecule has 22 heavy (non-hydrogen) atoms. The van der Waals surface area contributed by atoms with Crippen LogP contribution in [0.3, 0.4) is 0 Å². The zero-order valence-corrected chi connectivity index (χ0v) is 13.2. The van der Waals surface area contributed by atoms with Crippen molar-refractivity contribution in [2.45, 2.75) is 6.92 Å². The van der Waals surface area contributed by atoms with Crippen LogP contribution in [0.4, 0.5) is 5.69 Å². The molecule has 0 fully saturated rings. The van der Waals surface area contributed by atoms with Crippen LogP contribution in [0.2, 0.25) is 0 Å². The number of anilines is 1. The highest BCUT2D eigenvalue weighted by Gasteiger charge is 2.15. The Morgan fingerprint density at radius 1 is 1.14 bits per heavy atom. The summed E-state index contributed by atoms with van der Waals surface area (Å²) in [6, 6.07) is 9.29. The van der Waals surface area contributed by atoms with Crippen molar-refractivity contribution in [3.05, 3.63) is 52.4 Å². The minimum absolute atomic E-state index is 0.0145. The van der Waals surface area contributed by atoms with Crippen molar-refractivity contribution in [3.63, 3.8) is 0 Å². The van der Waals surface area contributed by atoms with Crippen LogP contribution in [0.1, 0.15) is 27.8 Å². The summed E-state index contributed by atoms with van der Waals surface area (Å²) >= 11 is 3.07. The van der Waals surface area contributed by atoms with Crippen LogP contribution in [0.25, 0.3) is 0 Å². The van der Waals surface area contributed by atoms with Gasteiger partial charge in [-0.1, -0.05) is 0 Å². The second-order valence-electron chi connectivity index (χ2n) is 4.36. The maximum atomic E-state index is 11.9. The number of Topliss-reactive ketones (excluding diaryl/α,β-unsaturated/α-hetero) is 1. The molecule has 1 heterocycles. The number of rotatable bonds is 5. The molecule has 0 saturated heterocycles. The molecule has 1 aromatic heterocycles. The first-order chi connectivity index (χ1) is 10.5. The first-order valence-corrected chi connectivity index (χ1v) is 7.08. The first kappa shape index (κ1) is 16.0. The molecule has 2 aromatic rings. The fourth-order valence-corrected chi connectivity index (χ4v) is 1.96. The molecule has 1 aromatic carbocycles. The summed E-state index contributed by atoms with van der Waals surface area (Å²) in [6.07, 6.45) is 0. The van der Waals surface area contributed by atoms with E-state index in [2.05, 4.69) is 21.2 Å². The number of esters is 1. The third-order valence-corrected chi connectivity index (χ3v) is 3.06. The maximum absolute atomic E-state index is 11.9. The van der Waals surface area contributed by atoms with E-state index >= 15 is 0 Å². The highest BCUT2D eigenvalue weighted by atomic mass is 79.9.